The molecule has 2 heterocycles. The molecule has 1 aromatic rings. The molecule has 0 aromatic heterocycles. The van der Waals surface area contributed by atoms with Crippen LogP contribution in [0.5, 0.6) is 0 Å². The summed E-state index contributed by atoms with van der Waals surface area (Å²) in [6.07, 6.45) is 0.624. The zero-order valence-corrected chi connectivity index (χ0v) is 13.5. The predicted octanol–water partition coefficient (Wildman–Crippen LogP) is 0.283. The Balaban J connectivity index is 1.67. The fraction of sp³-hybridized carbons (Fsp3) is 0.471. The van der Waals surface area contributed by atoms with Crippen molar-refractivity contribution in [2.24, 2.45) is 0 Å². The SMILES string of the molecule is CC(=O)NC1CCN(C(=O)c2ccc3c(c2)CC(O)C(=O)N3)CC1. The molecule has 1 unspecified atom stereocenters. The molecule has 0 saturated carbocycles. The van der Waals surface area contributed by atoms with Gasteiger partial charge in [-0.05, 0) is 36.6 Å². The molecule has 0 radical (unpaired) electrons. The van der Waals surface area contributed by atoms with Crippen LogP contribution in [-0.4, -0.2) is 53.0 Å². The van der Waals surface area contributed by atoms with Crippen LogP contribution in [0.2, 0.25) is 0 Å². The highest BCUT2D eigenvalue weighted by Crippen LogP contribution is 2.25. The van der Waals surface area contributed by atoms with Gasteiger partial charge in [0.05, 0.1) is 0 Å². The van der Waals surface area contributed by atoms with Gasteiger partial charge in [-0.2, -0.15) is 0 Å². The second-order valence-corrected chi connectivity index (χ2v) is 6.35. The Hall–Kier alpha value is -2.41. The number of benzene rings is 1. The van der Waals surface area contributed by atoms with Gasteiger partial charge in [-0.3, -0.25) is 14.4 Å². The summed E-state index contributed by atoms with van der Waals surface area (Å²) in [5.41, 5.74) is 1.96. The molecule has 7 heteroatoms. The third-order valence-electron chi connectivity index (χ3n) is 4.52. The molecule has 2 aliphatic rings. The van der Waals surface area contributed by atoms with Crippen molar-refractivity contribution in [2.75, 3.05) is 18.4 Å². The van der Waals surface area contributed by atoms with Gasteiger partial charge in [-0.25, -0.2) is 0 Å². The number of fused-ring (bicyclic) bond motifs is 1. The van der Waals surface area contributed by atoms with Crippen molar-refractivity contribution in [3.05, 3.63) is 29.3 Å². The molecule has 1 saturated heterocycles. The second-order valence-electron chi connectivity index (χ2n) is 6.35. The quantitative estimate of drug-likeness (QED) is 0.725. The summed E-state index contributed by atoms with van der Waals surface area (Å²) < 4.78 is 0. The molecule has 0 bridgehead atoms. The van der Waals surface area contributed by atoms with Crippen molar-refractivity contribution >= 4 is 23.4 Å². The lowest BCUT2D eigenvalue weighted by atomic mass is 9.97. The smallest absolute Gasteiger partial charge is 0.253 e. The Kier molecular flexibility index (Phi) is 4.53. The van der Waals surface area contributed by atoms with E-state index < -0.39 is 12.0 Å². The third kappa shape index (κ3) is 3.41. The first kappa shape index (κ1) is 16.4. The van der Waals surface area contributed by atoms with Crippen molar-refractivity contribution in [1.82, 2.24) is 10.2 Å². The first-order chi connectivity index (χ1) is 11.4. The van der Waals surface area contributed by atoms with Crippen LogP contribution in [0.15, 0.2) is 18.2 Å². The highest BCUT2D eigenvalue weighted by Gasteiger charge is 2.27. The van der Waals surface area contributed by atoms with Gasteiger partial charge in [0, 0.05) is 43.7 Å². The number of aliphatic hydroxyl groups excluding tert-OH is 1. The van der Waals surface area contributed by atoms with Gasteiger partial charge in [0.2, 0.25) is 5.91 Å². The highest BCUT2D eigenvalue weighted by atomic mass is 16.3. The summed E-state index contributed by atoms with van der Waals surface area (Å²) in [6.45, 7) is 2.69. The van der Waals surface area contributed by atoms with E-state index >= 15 is 0 Å². The molecule has 1 fully saturated rings. The van der Waals surface area contributed by atoms with Crippen molar-refractivity contribution in [2.45, 2.75) is 38.3 Å². The minimum atomic E-state index is -1.07. The van der Waals surface area contributed by atoms with Gasteiger partial charge in [-0.1, -0.05) is 0 Å². The van der Waals surface area contributed by atoms with E-state index in [1.807, 2.05) is 0 Å². The Morgan fingerprint density at radius 1 is 1.29 bits per heavy atom. The van der Waals surface area contributed by atoms with Crippen LogP contribution in [0.3, 0.4) is 0 Å². The topological polar surface area (TPSA) is 98.7 Å². The average molecular weight is 331 g/mol. The number of anilines is 1. The minimum Gasteiger partial charge on any atom is -0.383 e. The molecule has 2 aliphatic heterocycles. The van der Waals surface area contributed by atoms with E-state index in [0.717, 1.165) is 18.4 Å². The number of rotatable bonds is 2. The van der Waals surface area contributed by atoms with Crippen molar-refractivity contribution in [1.29, 1.82) is 0 Å². The Bertz CT molecular complexity index is 680. The maximum atomic E-state index is 12.6. The van der Waals surface area contributed by atoms with Crippen LogP contribution in [0, 0.1) is 0 Å². The van der Waals surface area contributed by atoms with Crippen molar-refractivity contribution in [3.8, 4) is 0 Å². The second kappa shape index (κ2) is 6.60. The normalized spacial score (nSPS) is 21.0. The molecular formula is C17H21N3O4. The number of piperidine rings is 1. The molecule has 3 N–H and O–H groups in total. The number of likely N-dealkylation sites (tertiary alicyclic amines) is 1. The minimum absolute atomic E-state index is 0.0462. The zero-order chi connectivity index (χ0) is 17.3. The monoisotopic (exact) mass is 331 g/mol. The van der Waals surface area contributed by atoms with Crippen LogP contribution in [0.25, 0.3) is 0 Å². The lowest BCUT2D eigenvalue weighted by Crippen LogP contribution is -2.46. The molecule has 1 aromatic carbocycles. The molecule has 1 atom stereocenters. The number of hydrogen-bond donors (Lipinski definition) is 3. The van der Waals surface area contributed by atoms with Crippen LogP contribution < -0.4 is 10.6 Å². The number of carbonyl (C=O) groups is 3. The van der Waals surface area contributed by atoms with Crippen LogP contribution >= 0.6 is 0 Å². The first-order valence-corrected chi connectivity index (χ1v) is 8.12. The Morgan fingerprint density at radius 2 is 2.00 bits per heavy atom. The molecule has 3 amide bonds. The summed E-state index contributed by atoms with van der Waals surface area (Å²) in [6, 6.07) is 5.26. The number of carbonyl (C=O) groups excluding carboxylic acids is 3. The molecule has 0 spiro atoms. The van der Waals surface area contributed by atoms with Gasteiger partial charge < -0.3 is 20.6 Å². The average Bonchev–Trinajstić information content (AvgIpc) is 2.55. The third-order valence-corrected chi connectivity index (χ3v) is 4.52. The molecule has 128 valence electrons. The number of aliphatic hydroxyl groups is 1. The van der Waals surface area contributed by atoms with Crippen LogP contribution in [-0.2, 0) is 16.0 Å². The lowest BCUT2D eigenvalue weighted by molar-refractivity contribution is -0.124. The summed E-state index contributed by atoms with van der Waals surface area (Å²) in [7, 11) is 0. The van der Waals surface area contributed by atoms with E-state index in [4.69, 9.17) is 0 Å². The molecule has 3 rings (SSSR count). The molecule has 24 heavy (non-hydrogen) atoms. The van der Waals surface area contributed by atoms with E-state index in [1.54, 1.807) is 23.1 Å². The zero-order valence-electron chi connectivity index (χ0n) is 13.5. The van der Waals surface area contributed by atoms with E-state index in [1.165, 1.54) is 6.92 Å². The number of hydrogen-bond acceptors (Lipinski definition) is 4. The van der Waals surface area contributed by atoms with Crippen LogP contribution in [0.1, 0.15) is 35.7 Å². The Morgan fingerprint density at radius 3 is 2.67 bits per heavy atom. The summed E-state index contributed by atoms with van der Waals surface area (Å²) in [4.78, 5) is 37.0. The molecule has 0 aliphatic carbocycles. The highest BCUT2D eigenvalue weighted by molar-refractivity contribution is 5.99. The molecule has 7 nitrogen and oxygen atoms in total. The first-order valence-electron chi connectivity index (χ1n) is 8.12. The Labute approximate surface area is 140 Å². The van der Waals surface area contributed by atoms with Gasteiger partial charge in [0.15, 0.2) is 0 Å². The van der Waals surface area contributed by atoms with E-state index in [0.29, 0.717) is 24.3 Å². The maximum absolute atomic E-state index is 12.6. The van der Waals surface area contributed by atoms with Crippen molar-refractivity contribution in [3.63, 3.8) is 0 Å². The standard InChI is InChI=1S/C17H21N3O4/c1-10(21)18-13-4-6-20(7-5-13)17(24)11-2-3-14-12(8-11)9-15(22)16(23)19-14/h2-3,8,13,15,22H,4-7,9H2,1H3,(H,18,21)(H,19,23). The number of nitrogens with zero attached hydrogens (tertiary/aromatic N) is 1. The number of nitrogens with one attached hydrogen (secondary N) is 2. The van der Waals surface area contributed by atoms with Crippen LogP contribution in [0.4, 0.5) is 5.69 Å². The molecular weight excluding hydrogens is 310 g/mol. The maximum Gasteiger partial charge on any atom is 0.253 e. The van der Waals surface area contributed by atoms with Crippen molar-refractivity contribution < 1.29 is 19.5 Å². The van der Waals surface area contributed by atoms with E-state index in [9.17, 15) is 19.5 Å². The number of amides is 3. The van der Waals surface area contributed by atoms with Gasteiger partial charge >= 0.3 is 0 Å². The summed E-state index contributed by atoms with van der Waals surface area (Å²) in [5, 5.41) is 15.2. The van der Waals surface area contributed by atoms with Gasteiger partial charge in [-0.15, -0.1) is 0 Å². The predicted molar refractivity (Wildman–Crippen MR) is 87.5 cm³/mol. The largest absolute Gasteiger partial charge is 0.383 e. The summed E-state index contributed by atoms with van der Waals surface area (Å²) >= 11 is 0. The van der Waals surface area contributed by atoms with E-state index in [2.05, 4.69) is 10.6 Å². The fourth-order valence-electron chi connectivity index (χ4n) is 3.23. The lowest BCUT2D eigenvalue weighted by Gasteiger charge is -2.32. The summed E-state index contributed by atoms with van der Waals surface area (Å²) in [5.74, 6) is -0.526. The van der Waals surface area contributed by atoms with Gasteiger partial charge in [0.1, 0.15) is 6.10 Å². The van der Waals surface area contributed by atoms with Gasteiger partial charge in [0.25, 0.3) is 11.8 Å². The fourth-order valence-corrected chi connectivity index (χ4v) is 3.23. The van der Waals surface area contributed by atoms with E-state index in [-0.39, 0.29) is 24.3 Å².